The second-order valence-electron chi connectivity index (χ2n) is 4.67. The fourth-order valence-corrected chi connectivity index (χ4v) is 1.91. The van der Waals surface area contributed by atoms with E-state index in [1.165, 1.54) is 0 Å². The first kappa shape index (κ1) is 23.3. The Kier molecular flexibility index (Phi) is 12.6. The van der Waals surface area contributed by atoms with E-state index in [9.17, 15) is 9.59 Å². The van der Waals surface area contributed by atoms with Gasteiger partial charge >= 0.3 is 6.03 Å². The smallest absolute Gasteiger partial charge is 0.323 e. The average molecular weight is 415 g/mol. The Balaban J connectivity index is 0.00000185. The van der Waals surface area contributed by atoms with Gasteiger partial charge in [-0.15, -0.1) is 6.54 Å². The Morgan fingerprint density at radius 1 is 0.880 bits per heavy atom. The molecule has 0 bridgehead atoms. The number of para-hydroxylation sites is 1. The van der Waals surface area contributed by atoms with E-state index in [0.717, 1.165) is 11.3 Å². The van der Waals surface area contributed by atoms with E-state index in [4.69, 9.17) is 0 Å². The van der Waals surface area contributed by atoms with Gasteiger partial charge in [0, 0.05) is 44.1 Å². The minimum absolute atomic E-state index is 0. The molecule has 3 N–H and O–H groups in total. The molecule has 0 aliphatic carbocycles. The fourth-order valence-electron chi connectivity index (χ4n) is 1.91. The summed E-state index contributed by atoms with van der Waals surface area (Å²) in [5.74, 6) is -0.0717. The number of hydrogen-bond acceptors (Lipinski definition) is 2. The molecular formula is C19H24N3O2Y-. The Morgan fingerprint density at radius 3 is 1.92 bits per heavy atom. The van der Waals surface area contributed by atoms with Crippen molar-refractivity contribution in [1.82, 2.24) is 5.32 Å². The predicted octanol–water partition coefficient (Wildman–Crippen LogP) is 3.85. The third-order valence-electron chi connectivity index (χ3n) is 2.93. The maximum absolute atomic E-state index is 11.8. The Hall–Kier alpha value is -1.72. The molecule has 0 aliphatic heterocycles. The normalized spacial score (nSPS) is 8.92. The van der Waals surface area contributed by atoms with E-state index in [-0.39, 0.29) is 44.6 Å². The summed E-state index contributed by atoms with van der Waals surface area (Å²) in [5, 5.41) is 8.11. The zero-order valence-electron chi connectivity index (χ0n) is 14.7. The summed E-state index contributed by atoms with van der Waals surface area (Å²) in [6.07, 6.45) is 0.298. The molecule has 0 aliphatic rings. The molecule has 5 nitrogen and oxygen atoms in total. The number of benzene rings is 2. The number of hydrogen-bond donors (Lipinski definition) is 3. The van der Waals surface area contributed by atoms with Crippen LogP contribution in [-0.2, 0) is 43.9 Å². The number of carbonyl (C=O) groups excluding carboxylic acids is 2. The molecule has 2 aromatic carbocycles. The van der Waals surface area contributed by atoms with Gasteiger partial charge in [0.25, 0.3) is 0 Å². The summed E-state index contributed by atoms with van der Waals surface area (Å²) in [7, 11) is 0. The number of amides is 3. The van der Waals surface area contributed by atoms with Gasteiger partial charge in [-0.25, -0.2) is 4.79 Å². The second kappa shape index (κ2) is 13.6. The quantitative estimate of drug-likeness (QED) is 0.650. The monoisotopic (exact) mass is 415 g/mol. The van der Waals surface area contributed by atoms with Crippen LogP contribution in [0.25, 0.3) is 0 Å². The van der Waals surface area contributed by atoms with E-state index in [2.05, 4.69) is 22.9 Å². The Bertz CT molecular complexity index is 631. The molecule has 0 saturated heterocycles. The average Bonchev–Trinajstić information content (AvgIpc) is 2.59. The van der Waals surface area contributed by atoms with Crippen molar-refractivity contribution in [1.29, 1.82) is 0 Å². The molecule has 0 atom stereocenters. The molecule has 0 fully saturated rings. The number of nitrogens with one attached hydrogen (secondary N) is 3. The van der Waals surface area contributed by atoms with Crippen LogP contribution >= 0.6 is 0 Å². The molecule has 1 radical (unpaired) electrons. The molecule has 25 heavy (non-hydrogen) atoms. The van der Waals surface area contributed by atoms with E-state index in [0.29, 0.717) is 18.7 Å². The largest absolute Gasteiger partial charge is 0.386 e. The van der Waals surface area contributed by atoms with E-state index >= 15 is 0 Å². The SMILES string of the molecule is CC.[CH2-]CNC(=O)Cc1ccc(NC(=O)Nc2ccccc2)cc1.[Y]. The van der Waals surface area contributed by atoms with Crippen LogP contribution in [0.1, 0.15) is 19.4 Å². The third-order valence-corrected chi connectivity index (χ3v) is 2.93. The first-order valence-electron chi connectivity index (χ1n) is 7.95. The van der Waals surface area contributed by atoms with Crippen molar-refractivity contribution in [3.05, 3.63) is 67.1 Å². The van der Waals surface area contributed by atoms with Gasteiger partial charge in [0.2, 0.25) is 5.91 Å². The van der Waals surface area contributed by atoms with E-state index in [1.807, 2.05) is 44.2 Å². The summed E-state index contributed by atoms with van der Waals surface area (Å²) < 4.78 is 0. The molecule has 3 amide bonds. The summed E-state index contributed by atoms with van der Waals surface area (Å²) in [6.45, 7) is 7.94. The molecule has 131 valence electrons. The van der Waals surface area contributed by atoms with Crippen LogP contribution in [0, 0.1) is 6.92 Å². The van der Waals surface area contributed by atoms with E-state index < -0.39 is 0 Å². The van der Waals surface area contributed by atoms with Crippen LogP contribution in [0.3, 0.4) is 0 Å². The van der Waals surface area contributed by atoms with Gasteiger partial charge in [-0.1, -0.05) is 44.2 Å². The molecular weight excluding hydrogens is 391 g/mol. The summed E-state index contributed by atoms with van der Waals surface area (Å²) >= 11 is 0. The van der Waals surface area contributed by atoms with Crippen LogP contribution in [-0.4, -0.2) is 18.5 Å². The number of carbonyl (C=O) groups is 2. The number of urea groups is 1. The maximum Gasteiger partial charge on any atom is 0.323 e. The van der Waals surface area contributed by atoms with Crippen LogP contribution in [0.4, 0.5) is 16.2 Å². The molecule has 0 saturated carbocycles. The van der Waals surface area contributed by atoms with Gasteiger partial charge in [0.1, 0.15) is 0 Å². The third kappa shape index (κ3) is 9.37. The minimum atomic E-state index is -0.311. The van der Waals surface area contributed by atoms with Crippen molar-refractivity contribution >= 4 is 23.3 Å². The molecule has 2 rings (SSSR count). The summed E-state index contributed by atoms with van der Waals surface area (Å²) in [4.78, 5) is 23.3. The maximum atomic E-state index is 11.8. The first-order valence-corrected chi connectivity index (χ1v) is 7.95. The molecule has 6 heteroatoms. The van der Waals surface area contributed by atoms with E-state index in [1.54, 1.807) is 24.3 Å². The van der Waals surface area contributed by atoms with Gasteiger partial charge in [-0.3, -0.25) is 4.79 Å². The van der Waals surface area contributed by atoms with Gasteiger partial charge in [-0.05, 0) is 29.8 Å². The molecule has 2 aromatic rings. The molecule has 0 unspecified atom stereocenters. The van der Waals surface area contributed by atoms with Crippen molar-refractivity contribution < 1.29 is 42.3 Å². The van der Waals surface area contributed by atoms with Crippen molar-refractivity contribution in [2.75, 3.05) is 17.2 Å². The standard InChI is InChI=1S/C17H18N3O2.C2H6.Y/c1-2-18-16(21)12-13-8-10-15(11-9-13)20-17(22)19-14-6-4-3-5-7-14;1-2;/h3-11H,1-2,12H2,(H,18,21)(H2,19,20,22);1-2H3;/q-1;;. The second-order valence-corrected chi connectivity index (χ2v) is 4.67. The molecule has 0 heterocycles. The van der Waals surface area contributed by atoms with Crippen LogP contribution in [0.2, 0.25) is 0 Å². The van der Waals surface area contributed by atoms with Crippen molar-refractivity contribution in [2.24, 2.45) is 0 Å². The Morgan fingerprint density at radius 2 is 1.40 bits per heavy atom. The summed E-state index contributed by atoms with van der Waals surface area (Å²) in [5.41, 5.74) is 2.26. The predicted molar refractivity (Wildman–Crippen MR) is 98.9 cm³/mol. The summed E-state index contributed by atoms with van der Waals surface area (Å²) in [6, 6.07) is 16.0. The zero-order valence-corrected chi connectivity index (χ0v) is 17.5. The van der Waals surface area contributed by atoms with Gasteiger partial charge in [0.05, 0.1) is 6.42 Å². The van der Waals surface area contributed by atoms with Crippen molar-refractivity contribution in [3.8, 4) is 0 Å². The molecule has 0 aromatic heterocycles. The van der Waals surface area contributed by atoms with Crippen LogP contribution in [0.5, 0.6) is 0 Å². The number of anilines is 2. The first-order chi connectivity index (χ1) is 11.7. The van der Waals surface area contributed by atoms with Gasteiger partial charge in [0.15, 0.2) is 0 Å². The van der Waals surface area contributed by atoms with Crippen molar-refractivity contribution in [3.63, 3.8) is 0 Å². The molecule has 0 spiro atoms. The fraction of sp³-hybridized carbons (Fsp3) is 0.211. The minimum Gasteiger partial charge on any atom is -0.386 e. The van der Waals surface area contributed by atoms with Crippen LogP contribution < -0.4 is 16.0 Å². The van der Waals surface area contributed by atoms with Crippen LogP contribution in [0.15, 0.2) is 54.6 Å². The van der Waals surface area contributed by atoms with Crippen molar-refractivity contribution in [2.45, 2.75) is 20.3 Å². The Labute approximate surface area is 174 Å². The van der Waals surface area contributed by atoms with Gasteiger partial charge in [-0.2, -0.15) is 0 Å². The zero-order chi connectivity index (χ0) is 17.8. The number of rotatable bonds is 5. The topological polar surface area (TPSA) is 70.2 Å². The van der Waals surface area contributed by atoms with Gasteiger partial charge < -0.3 is 22.9 Å².